The monoisotopic (exact) mass is 913 g/mol. The van der Waals surface area contributed by atoms with Crippen LogP contribution in [0.4, 0.5) is 0 Å². The molecule has 1 nitrogen and oxygen atoms in total. The van der Waals surface area contributed by atoms with Gasteiger partial charge in [-0.1, -0.05) is 241 Å². The second kappa shape index (κ2) is 41.6. The smallest absolute Gasteiger partial charge is 0.150 e. The summed E-state index contributed by atoms with van der Waals surface area (Å²) in [6, 6.07) is 53.1. The first-order valence-corrected chi connectivity index (χ1v) is 28.2. The van der Waals surface area contributed by atoms with Crippen molar-refractivity contribution in [1.82, 2.24) is 0 Å². The fourth-order valence-electron chi connectivity index (χ4n) is 7.47. The van der Waals surface area contributed by atoms with Gasteiger partial charge in [0.25, 0.3) is 0 Å². The van der Waals surface area contributed by atoms with Crippen LogP contribution in [0, 0.1) is 0 Å². The summed E-state index contributed by atoms with van der Waals surface area (Å²) in [6.07, 6.45) is 27.1. The molecule has 1 aliphatic carbocycles. The Kier molecular flexibility index (Phi) is 38.0. The first-order valence-electron chi connectivity index (χ1n) is 24.5. The largest absolute Gasteiger partial charge is 0.298 e. The van der Waals surface area contributed by atoms with Gasteiger partial charge >= 0.3 is 0 Å². The average Bonchev–Trinajstić information content (AvgIpc) is 3.92. The minimum Gasteiger partial charge on any atom is -0.298 e. The van der Waals surface area contributed by atoms with E-state index in [2.05, 4.69) is 201 Å². The van der Waals surface area contributed by atoms with E-state index in [9.17, 15) is 4.79 Å². The minimum atomic E-state index is -0.775. The molecule has 0 spiro atoms. The lowest BCUT2D eigenvalue weighted by Crippen LogP contribution is -2.16. The molecule has 0 unspecified atom stereocenters. The third kappa shape index (κ3) is 30.9. The van der Waals surface area contributed by atoms with E-state index in [-0.39, 0.29) is 0 Å². The van der Waals surface area contributed by atoms with Crippen molar-refractivity contribution in [1.29, 1.82) is 0 Å². The van der Waals surface area contributed by atoms with E-state index in [1.54, 1.807) is 12.1 Å². The first-order chi connectivity index (χ1) is 32.6. The number of aldehydes is 1. The summed E-state index contributed by atoms with van der Waals surface area (Å²) >= 11 is 0. The lowest BCUT2D eigenvalue weighted by Gasteiger charge is -2.15. The Hall–Kier alpha value is -5.83. The average molecular weight is 914 g/mol. The van der Waals surface area contributed by atoms with Gasteiger partial charge in [0, 0.05) is 13.6 Å². The van der Waals surface area contributed by atoms with Crippen LogP contribution in [0.25, 0.3) is 0 Å². The molecule has 0 bridgehead atoms. The molecule has 0 saturated carbocycles. The van der Waals surface area contributed by atoms with Crippen molar-refractivity contribution < 1.29 is 4.79 Å². The van der Waals surface area contributed by atoms with Crippen LogP contribution in [0.2, 0.25) is 25.7 Å². The molecular formula is C65H88OSi. The van der Waals surface area contributed by atoms with Crippen molar-refractivity contribution in [3.63, 3.8) is 0 Å². The normalized spacial score (nSPS) is 11.0. The van der Waals surface area contributed by atoms with Gasteiger partial charge in [-0.25, -0.2) is 0 Å². The highest BCUT2D eigenvalue weighted by atomic mass is 28.3. The summed E-state index contributed by atoms with van der Waals surface area (Å²) in [7, 11) is -0.775. The van der Waals surface area contributed by atoms with Crippen molar-refractivity contribution in [2.45, 2.75) is 127 Å². The summed E-state index contributed by atoms with van der Waals surface area (Å²) in [5.41, 5.74) is 6.49. The predicted octanol–water partition coefficient (Wildman–Crippen LogP) is 20.1. The molecule has 0 amide bonds. The lowest BCUT2D eigenvalue weighted by molar-refractivity contribution is 0.112. The van der Waals surface area contributed by atoms with Gasteiger partial charge in [-0.05, 0) is 103 Å². The topological polar surface area (TPSA) is 17.1 Å². The van der Waals surface area contributed by atoms with Gasteiger partial charge in [0.05, 0.1) is 0 Å². The number of benzene rings is 5. The van der Waals surface area contributed by atoms with Crippen LogP contribution in [0.15, 0.2) is 240 Å². The van der Waals surface area contributed by atoms with E-state index in [1.807, 2.05) is 60.7 Å². The Morgan fingerprint density at radius 3 is 1.04 bits per heavy atom. The molecule has 5 aromatic carbocycles. The summed E-state index contributed by atoms with van der Waals surface area (Å²) in [5.74, 6) is 2.65. The highest BCUT2D eigenvalue weighted by Gasteiger charge is 2.12. The fourth-order valence-corrected chi connectivity index (χ4v) is 8.34. The van der Waals surface area contributed by atoms with Gasteiger partial charge in [-0.2, -0.15) is 0 Å². The van der Waals surface area contributed by atoms with Crippen molar-refractivity contribution in [3.05, 3.63) is 268 Å². The maximum Gasteiger partial charge on any atom is 0.150 e. The van der Waals surface area contributed by atoms with Gasteiger partial charge in [0.2, 0.25) is 0 Å². The molecule has 2 heteroatoms. The molecule has 0 saturated heterocycles. The van der Waals surface area contributed by atoms with Crippen LogP contribution in [0.3, 0.4) is 0 Å². The van der Waals surface area contributed by atoms with Gasteiger partial charge < -0.3 is 0 Å². The van der Waals surface area contributed by atoms with Crippen LogP contribution >= 0.6 is 0 Å². The molecule has 0 fully saturated rings. The second-order valence-electron chi connectivity index (χ2n) is 17.6. The Labute approximate surface area is 412 Å². The molecule has 6 rings (SSSR count). The van der Waals surface area contributed by atoms with Gasteiger partial charge in [-0.3, -0.25) is 4.79 Å². The molecular weight excluding hydrogens is 825 g/mol. The van der Waals surface area contributed by atoms with Crippen LogP contribution in [0.1, 0.15) is 134 Å². The summed E-state index contributed by atoms with van der Waals surface area (Å²) in [5, 5.41) is 0. The van der Waals surface area contributed by atoms with E-state index >= 15 is 0 Å². The zero-order valence-electron chi connectivity index (χ0n) is 42.5. The van der Waals surface area contributed by atoms with E-state index in [4.69, 9.17) is 0 Å². The fraction of sp³-hybridized carbons (Fsp3) is 0.308. The van der Waals surface area contributed by atoms with Crippen molar-refractivity contribution in [2.75, 3.05) is 0 Å². The predicted molar refractivity (Wildman–Crippen MR) is 306 cm³/mol. The Morgan fingerprint density at radius 2 is 0.791 bits per heavy atom. The first kappa shape index (κ1) is 61.2. The number of carbonyl (C=O) groups excluding carboxylic acids is 1. The zero-order chi connectivity index (χ0) is 49.8. The maximum atomic E-state index is 10.0. The number of allylic oxidation sites excluding steroid dienone is 7. The van der Waals surface area contributed by atoms with Crippen molar-refractivity contribution in [2.24, 2.45) is 0 Å². The molecule has 67 heavy (non-hydrogen) atoms. The van der Waals surface area contributed by atoms with Crippen molar-refractivity contribution in [3.8, 4) is 0 Å². The van der Waals surface area contributed by atoms with Crippen LogP contribution in [0.5, 0.6) is 0 Å². The van der Waals surface area contributed by atoms with Crippen LogP contribution in [-0.4, -0.2) is 14.4 Å². The lowest BCUT2D eigenvalue weighted by atomic mass is 9.91. The Bertz CT molecular complexity index is 1870. The molecule has 0 heterocycles. The zero-order valence-corrected chi connectivity index (χ0v) is 43.5. The van der Waals surface area contributed by atoms with E-state index in [0.717, 1.165) is 49.4 Å². The Morgan fingerprint density at radius 1 is 0.478 bits per heavy atom. The van der Waals surface area contributed by atoms with Crippen LogP contribution in [-0.2, 0) is 0 Å². The van der Waals surface area contributed by atoms with Gasteiger partial charge in [0.1, 0.15) is 6.29 Å². The molecule has 1 aliphatic rings. The highest BCUT2D eigenvalue weighted by Crippen LogP contribution is 2.29. The third-order valence-electron chi connectivity index (χ3n) is 10.9. The van der Waals surface area contributed by atoms with Gasteiger partial charge in [0.15, 0.2) is 0 Å². The third-order valence-corrected chi connectivity index (χ3v) is 12.4. The standard InChI is InChI=1S/C13H20.2C13H16.C11H12.C7H6O.C6H14Si.C2H4/c3*1-3-8-12(9-4-2)13-10-6-5-7-11-13;1-2-6-10(7-3-1)11-8-4-5-9-11;8-6-7-4-2-1-3-5-7;1-5-6-7(2,3)4;1-2/h5-7,10-12H,3-4,8-9H2,1-2H3;2*3-7,10-12H,1-2,8-9H2;1-7,11H,8-9H2;1-6H;5H,1,6H2,2-4H3;1-2H2. The van der Waals surface area contributed by atoms with Crippen LogP contribution < -0.4 is 0 Å². The molecule has 358 valence electrons. The molecule has 5 aromatic rings. The molecule has 0 radical (unpaired) electrons. The molecule has 0 N–H and O–H groups in total. The summed E-state index contributed by atoms with van der Waals surface area (Å²) < 4.78 is 0. The molecule has 0 aromatic heterocycles. The summed E-state index contributed by atoms with van der Waals surface area (Å²) in [6.45, 7) is 36.3. The van der Waals surface area contributed by atoms with Gasteiger partial charge in [-0.15, -0.1) is 46.1 Å². The van der Waals surface area contributed by atoms with E-state index < -0.39 is 8.07 Å². The number of carbonyl (C=O) groups is 1. The quantitative estimate of drug-likeness (QED) is 0.0458. The highest BCUT2D eigenvalue weighted by molar-refractivity contribution is 6.76. The van der Waals surface area contributed by atoms with E-state index in [0.29, 0.717) is 11.8 Å². The van der Waals surface area contributed by atoms with E-state index in [1.165, 1.54) is 66.8 Å². The van der Waals surface area contributed by atoms with Crippen molar-refractivity contribution >= 4 is 14.4 Å². The maximum absolute atomic E-state index is 10.0. The molecule has 0 aliphatic heterocycles. The SMILES string of the molecule is C1=CCC(c2ccccc2)C1.C=C.C=CCC(CC=C)c1ccccc1.C=CCC(CC=C)c1ccccc1.C=CC[Si](C)(C)C.CCCC(CCC)c1ccccc1.O=Cc1ccccc1. The second-order valence-corrected chi connectivity index (χ2v) is 23.2. The minimum absolute atomic E-state index is 0.552. The number of hydrogen-bond donors (Lipinski definition) is 0. The molecule has 0 atom stereocenters. The number of rotatable bonds is 19. The summed E-state index contributed by atoms with van der Waals surface area (Å²) in [4.78, 5) is 10.0. The number of hydrogen-bond acceptors (Lipinski definition) is 1. The Balaban J connectivity index is 0.000000784.